The fraction of sp³-hybridized carbons (Fsp3) is 0.568. The zero-order valence-electron chi connectivity index (χ0n) is 40.1. The summed E-state index contributed by atoms with van der Waals surface area (Å²) >= 11 is 0. The summed E-state index contributed by atoms with van der Waals surface area (Å²) < 4.78 is 79.8. The Morgan fingerprint density at radius 3 is 1.78 bits per heavy atom. The summed E-state index contributed by atoms with van der Waals surface area (Å²) in [4.78, 5) is 86.3. The minimum atomic E-state index is -5.29. The van der Waals surface area contributed by atoms with Crippen molar-refractivity contribution in [1.82, 2.24) is 26.2 Å². The molecule has 0 bridgehead atoms. The molecule has 0 aromatic heterocycles. The summed E-state index contributed by atoms with van der Waals surface area (Å²) in [6.07, 6.45) is -19.1. The molecule has 26 nitrogen and oxygen atoms in total. The summed E-state index contributed by atoms with van der Waals surface area (Å²) in [5.74, 6) is -3.35. The van der Waals surface area contributed by atoms with Crippen LogP contribution in [0, 0.1) is 20.2 Å². The molecule has 2 aromatic carbocycles. The molecule has 1 saturated heterocycles. The molecule has 11 atom stereocenters. The molecule has 0 radical (unpaired) electrons. The predicted molar refractivity (Wildman–Crippen MR) is 239 cm³/mol. The van der Waals surface area contributed by atoms with E-state index < -0.39 is 151 Å². The van der Waals surface area contributed by atoms with Crippen LogP contribution in [0.2, 0.25) is 0 Å². The van der Waals surface area contributed by atoms with Crippen LogP contribution >= 0.6 is 0 Å². The van der Waals surface area contributed by atoms with Crippen LogP contribution in [0.25, 0.3) is 0 Å². The average Bonchev–Trinajstić information content (AvgIpc) is 3.29. The first-order chi connectivity index (χ1) is 34.0. The van der Waals surface area contributed by atoms with Crippen molar-refractivity contribution >= 4 is 41.5 Å². The lowest BCUT2D eigenvalue weighted by molar-refractivity contribution is -0.385. The number of rotatable bonds is 16. The molecule has 29 heteroatoms. The molecule has 1 saturated carbocycles. The number of aliphatic hydroxyl groups is 3. The molecule has 2 heterocycles. The van der Waals surface area contributed by atoms with Gasteiger partial charge in [-0.15, -0.1) is 0 Å². The monoisotopic (exact) mass is 1040 g/mol. The van der Waals surface area contributed by atoms with Crippen LogP contribution in [0.5, 0.6) is 0 Å². The Bertz CT molecular complexity index is 2350. The number of carbonyl (C=O) groups excluding carboxylic acids is 5. The maximum Gasteiger partial charge on any atom is 0.471 e. The Labute approximate surface area is 413 Å². The number of carbonyl (C=O) groups is 5. The van der Waals surface area contributed by atoms with Crippen LogP contribution in [-0.2, 0) is 56.0 Å². The molecule has 5 rings (SSSR count). The number of hydrogen-bond acceptors (Lipinski definition) is 19. The van der Waals surface area contributed by atoms with E-state index in [2.05, 4.69) is 16.0 Å². The molecular formula is C44H56F3N7O19. The lowest BCUT2D eigenvalue weighted by atomic mass is 9.83. The zero-order chi connectivity index (χ0) is 54.2. The molecule has 5 amide bonds. The first-order valence-corrected chi connectivity index (χ1v) is 22.3. The van der Waals surface area contributed by atoms with Gasteiger partial charge in [0.15, 0.2) is 6.29 Å². The summed E-state index contributed by atoms with van der Waals surface area (Å²) in [7, 11) is 1.24. The second-order valence-electron chi connectivity index (χ2n) is 18.4. The number of nitro benzene ring substituents is 2. The number of alkyl halides is 3. The predicted octanol–water partition coefficient (Wildman–Crippen LogP) is 2.45. The highest BCUT2D eigenvalue weighted by atomic mass is 19.4. The summed E-state index contributed by atoms with van der Waals surface area (Å²) in [5.41, 5.74) is -2.78. The van der Waals surface area contributed by atoms with Crippen molar-refractivity contribution in [3.8, 4) is 0 Å². The molecule has 0 unspecified atom stereocenters. The normalized spacial score (nSPS) is 27.2. The molecule has 1 aliphatic carbocycles. The van der Waals surface area contributed by atoms with Crippen LogP contribution in [0.15, 0.2) is 60.4 Å². The van der Waals surface area contributed by atoms with Crippen LogP contribution in [0.1, 0.15) is 58.6 Å². The molecule has 2 fully saturated rings. The molecule has 2 aromatic rings. The van der Waals surface area contributed by atoms with Gasteiger partial charge in [0.05, 0.1) is 47.2 Å². The number of non-ortho nitro benzene ring substituents is 2. The number of hydrogen-bond donors (Lipinski definition) is 7. The number of aliphatic hydroxyl groups excluding tert-OH is 2. The van der Waals surface area contributed by atoms with Gasteiger partial charge in [-0.2, -0.15) is 13.2 Å². The topological polar surface area (TPSA) is 348 Å². The van der Waals surface area contributed by atoms with E-state index in [9.17, 15) is 72.7 Å². The first kappa shape index (κ1) is 57.0. The lowest BCUT2D eigenvalue weighted by Crippen LogP contribution is -2.70. The van der Waals surface area contributed by atoms with Crippen LogP contribution in [0.4, 0.5) is 38.9 Å². The van der Waals surface area contributed by atoms with Gasteiger partial charge in [0, 0.05) is 38.2 Å². The number of benzene rings is 2. The van der Waals surface area contributed by atoms with Crippen molar-refractivity contribution in [2.24, 2.45) is 0 Å². The van der Waals surface area contributed by atoms with Crippen molar-refractivity contribution < 1.29 is 95.5 Å². The van der Waals surface area contributed by atoms with Gasteiger partial charge in [-0.3, -0.25) is 29.8 Å². The second kappa shape index (κ2) is 23.7. The average molecular weight is 1040 g/mol. The van der Waals surface area contributed by atoms with Crippen LogP contribution in [-0.4, -0.2) is 159 Å². The van der Waals surface area contributed by atoms with Crippen molar-refractivity contribution in [2.75, 3.05) is 20.2 Å². The van der Waals surface area contributed by atoms with E-state index in [-0.39, 0.29) is 23.6 Å². The van der Waals surface area contributed by atoms with Gasteiger partial charge < -0.3 is 74.6 Å². The van der Waals surface area contributed by atoms with Crippen molar-refractivity contribution in [3.05, 3.63) is 91.7 Å². The van der Waals surface area contributed by atoms with Crippen molar-refractivity contribution in [3.63, 3.8) is 0 Å². The third-order valence-electron chi connectivity index (χ3n) is 11.3. The van der Waals surface area contributed by atoms with E-state index in [1.165, 1.54) is 68.6 Å². The Morgan fingerprint density at radius 1 is 0.808 bits per heavy atom. The van der Waals surface area contributed by atoms with E-state index in [0.29, 0.717) is 11.1 Å². The smallest absolute Gasteiger partial charge is 0.465 e. The van der Waals surface area contributed by atoms with E-state index in [1.807, 2.05) is 0 Å². The Balaban J connectivity index is 1.47. The number of nitro groups is 2. The van der Waals surface area contributed by atoms with E-state index in [4.69, 9.17) is 33.2 Å². The van der Waals surface area contributed by atoms with E-state index in [0.717, 1.165) is 11.8 Å². The van der Waals surface area contributed by atoms with E-state index >= 15 is 0 Å². The fourth-order valence-electron chi connectivity index (χ4n) is 7.97. The minimum absolute atomic E-state index is 0.237. The van der Waals surface area contributed by atoms with Crippen LogP contribution < -0.4 is 21.3 Å². The van der Waals surface area contributed by atoms with Crippen molar-refractivity contribution in [2.45, 2.75) is 139 Å². The number of halogens is 3. The second-order valence-corrected chi connectivity index (χ2v) is 18.4. The molecular weight excluding hydrogens is 988 g/mol. The number of amides is 5. The van der Waals surface area contributed by atoms with Crippen molar-refractivity contribution in [1.29, 1.82) is 0 Å². The molecule has 402 valence electrons. The Kier molecular flexibility index (Phi) is 18.5. The van der Waals surface area contributed by atoms with E-state index in [1.54, 1.807) is 26.1 Å². The van der Waals surface area contributed by atoms with Gasteiger partial charge in [-0.1, -0.05) is 0 Å². The molecule has 0 spiro atoms. The highest BCUT2D eigenvalue weighted by Gasteiger charge is 2.55. The van der Waals surface area contributed by atoms with Gasteiger partial charge in [0.25, 0.3) is 11.4 Å². The number of nitrogens with one attached hydrogen (secondary N) is 4. The summed E-state index contributed by atoms with van der Waals surface area (Å²) in [5, 5.41) is 66.9. The van der Waals surface area contributed by atoms with Gasteiger partial charge in [0.2, 0.25) is 12.2 Å². The SMILES string of the molecule is CC(=O)N[C@@H]1C[C@H](NC(=O)OCc2ccc([N+](=O)[O-])cc2)[C@@H](O[C@H]2OC(CNC(=O)C(F)(F)F)=CC[C@H]2NC(=O)OCc2ccc([N+](=O)[O-])cc2)[C@H](O)[C@H]1O[C@H]1OC[C@](C)(O)[C@H](N(C)C(=O)OC(C)(C)C)[C@H]1O. The third-order valence-corrected chi connectivity index (χ3v) is 11.3. The van der Waals surface area contributed by atoms with Gasteiger partial charge in [0.1, 0.15) is 54.6 Å². The molecule has 3 aliphatic rings. The minimum Gasteiger partial charge on any atom is -0.465 e. The number of ether oxygens (including phenoxy) is 7. The fourth-order valence-corrected chi connectivity index (χ4v) is 7.97. The molecule has 7 N–H and O–H groups in total. The van der Waals surface area contributed by atoms with Gasteiger partial charge in [-0.25, -0.2) is 14.4 Å². The zero-order valence-corrected chi connectivity index (χ0v) is 40.1. The third kappa shape index (κ3) is 15.8. The summed E-state index contributed by atoms with van der Waals surface area (Å²) in [6.45, 7) is 4.85. The largest absolute Gasteiger partial charge is 0.471 e. The standard InChI is InChI=1S/C44H56F3N7O19/c1-22(55)49-29-17-30(51-40(60)68-20-24-9-13-26(14-10-24)54(65)66)34(31(56)33(29)72-37-32(57)35(43(5,62)21-69-37)52(6)41(61)73-42(2,3)4)71-36-28(16-15-27(70-36)18-48-38(58)44(45,46)47)50-39(59)67-19-23-7-11-25(12-8-23)53(63)64/h7-15,28-37,56-57,62H,16-21H2,1-6H3,(H,48,58)(H,49,55)(H,50,59)(H,51,60)/t28-,29-,30+,31-,32-,33+,34-,35-,36-,37-,43+/m1/s1. The van der Waals surface area contributed by atoms with Crippen LogP contribution in [0.3, 0.4) is 0 Å². The number of alkyl carbamates (subject to hydrolysis) is 2. The quantitative estimate of drug-likeness (QED) is 0.0721. The summed E-state index contributed by atoms with van der Waals surface area (Å²) in [6, 6.07) is 4.38. The maximum atomic E-state index is 13.5. The van der Waals surface area contributed by atoms with Gasteiger partial charge in [-0.05, 0) is 82.0 Å². The maximum absolute atomic E-state index is 13.5. The van der Waals surface area contributed by atoms with Gasteiger partial charge >= 0.3 is 30.4 Å². The first-order valence-electron chi connectivity index (χ1n) is 22.3. The molecule has 2 aliphatic heterocycles. The Morgan fingerprint density at radius 2 is 1.30 bits per heavy atom. The lowest BCUT2D eigenvalue weighted by Gasteiger charge is -2.50. The highest BCUT2D eigenvalue weighted by molar-refractivity contribution is 5.81. The Hall–Kier alpha value is -6.92. The number of likely N-dealkylation sites (N-methyl/N-ethyl adjacent to an activating group) is 1. The highest BCUT2D eigenvalue weighted by Crippen LogP contribution is 2.35. The number of nitrogens with zero attached hydrogens (tertiary/aromatic N) is 3. The molecule has 73 heavy (non-hydrogen) atoms.